The number of benzene rings is 2. The number of carbonyl (C=O) groups excluding carboxylic acids is 1. The first-order valence-corrected chi connectivity index (χ1v) is 5.96. The highest BCUT2D eigenvalue weighted by Crippen LogP contribution is 2.29. The van der Waals surface area contributed by atoms with E-state index in [0.29, 0.717) is 0 Å². The normalized spacial score (nSPS) is 11.2. The van der Waals surface area contributed by atoms with Crippen molar-refractivity contribution >= 4 is 11.5 Å². The van der Waals surface area contributed by atoms with E-state index in [4.69, 9.17) is 0 Å². The van der Waals surface area contributed by atoms with E-state index in [0.717, 1.165) is 17.8 Å². The van der Waals surface area contributed by atoms with Crippen LogP contribution in [0.2, 0.25) is 0 Å². The molecule has 2 aromatic rings. The van der Waals surface area contributed by atoms with Gasteiger partial charge in [0.1, 0.15) is 0 Å². The van der Waals surface area contributed by atoms with Crippen LogP contribution >= 0.6 is 0 Å². The molecule has 0 bridgehead atoms. The van der Waals surface area contributed by atoms with Gasteiger partial charge in [0, 0.05) is 11.3 Å². The number of rotatable bonds is 4. The Morgan fingerprint density at radius 3 is 2.10 bits per heavy atom. The van der Waals surface area contributed by atoms with Gasteiger partial charge < -0.3 is 5.32 Å². The van der Waals surface area contributed by atoms with Gasteiger partial charge in [-0.2, -0.15) is 13.2 Å². The quantitative estimate of drug-likeness (QED) is 0.857. The van der Waals surface area contributed by atoms with Crippen molar-refractivity contribution in [3.05, 3.63) is 65.7 Å². The summed E-state index contributed by atoms with van der Waals surface area (Å²) in [6.07, 6.45) is -4.39. The van der Waals surface area contributed by atoms with Gasteiger partial charge in [-0.25, -0.2) is 0 Å². The minimum absolute atomic E-state index is 0.0371. The molecule has 0 aromatic heterocycles. The van der Waals surface area contributed by atoms with Crippen LogP contribution in [0.4, 0.5) is 18.9 Å². The molecule has 2 rings (SSSR count). The Kier molecular flexibility index (Phi) is 4.08. The molecule has 0 aliphatic heterocycles. The van der Waals surface area contributed by atoms with E-state index in [1.165, 1.54) is 12.1 Å². The van der Waals surface area contributed by atoms with Crippen molar-refractivity contribution in [2.45, 2.75) is 6.18 Å². The number of alkyl halides is 3. The molecule has 0 saturated carbocycles. The molecular weight excluding hydrogens is 267 g/mol. The summed E-state index contributed by atoms with van der Waals surface area (Å²) in [5.41, 5.74) is 0.277. The molecule has 0 aliphatic rings. The third-order valence-electron chi connectivity index (χ3n) is 2.76. The third kappa shape index (κ3) is 3.60. The first-order chi connectivity index (χ1) is 9.47. The van der Waals surface area contributed by atoms with Gasteiger partial charge in [0.25, 0.3) is 0 Å². The zero-order chi connectivity index (χ0) is 14.6. The van der Waals surface area contributed by atoms with Gasteiger partial charge in [-0.1, -0.05) is 30.3 Å². The molecule has 0 saturated heterocycles. The number of carbonyl (C=O) groups is 1. The van der Waals surface area contributed by atoms with Crippen molar-refractivity contribution in [1.82, 2.24) is 0 Å². The fraction of sp³-hybridized carbons (Fsp3) is 0.133. The van der Waals surface area contributed by atoms with Gasteiger partial charge in [-0.15, -0.1) is 0 Å². The second-order valence-electron chi connectivity index (χ2n) is 4.22. The van der Waals surface area contributed by atoms with Crippen LogP contribution in [0.3, 0.4) is 0 Å². The van der Waals surface area contributed by atoms with Crippen LogP contribution in [0.25, 0.3) is 0 Å². The Balaban J connectivity index is 1.99. The molecule has 0 spiro atoms. The molecule has 104 valence electrons. The van der Waals surface area contributed by atoms with Crippen LogP contribution in [0.5, 0.6) is 0 Å². The Labute approximate surface area is 114 Å². The molecule has 0 heterocycles. The number of anilines is 1. The molecule has 0 radical (unpaired) electrons. The van der Waals surface area contributed by atoms with Crippen LogP contribution in [0.1, 0.15) is 15.9 Å². The van der Waals surface area contributed by atoms with Crippen molar-refractivity contribution < 1.29 is 18.0 Å². The van der Waals surface area contributed by atoms with Crippen LogP contribution < -0.4 is 5.32 Å². The summed E-state index contributed by atoms with van der Waals surface area (Å²) in [6.45, 7) is 0.0371. The molecule has 0 fully saturated rings. The predicted molar refractivity (Wildman–Crippen MR) is 70.7 cm³/mol. The van der Waals surface area contributed by atoms with Crippen molar-refractivity contribution in [2.75, 3.05) is 11.9 Å². The van der Waals surface area contributed by atoms with E-state index in [9.17, 15) is 18.0 Å². The number of halogens is 3. The van der Waals surface area contributed by atoms with Gasteiger partial charge in [0.15, 0.2) is 5.78 Å². The Morgan fingerprint density at radius 1 is 0.950 bits per heavy atom. The van der Waals surface area contributed by atoms with Crippen LogP contribution in [0, 0.1) is 0 Å². The Morgan fingerprint density at radius 2 is 1.55 bits per heavy atom. The van der Waals surface area contributed by atoms with E-state index < -0.39 is 11.7 Å². The molecule has 1 N–H and O–H groups in total. The van der Waals surface area contributed by atoms with Crippen molar-refractivity contribution in [3.8, 4) is 0 Å². The standard InChI is InChI=1S/C15H12F3NO/c16-15(17,18)12-8-6-11(7-9-12)14(20)10-19-13-4-2-1-3-5-13/h1-9,19H,10H2. The van der Waals surface area contributed by atoms with E-state index in [2.05, 4.69) is 5.32 Å². The Hall–Kier alpha value is -2.30. The van der Waals surface area contributed by atoms with Gasteiger partial charge >= 0.3 is 6.18 Å². The minimum atomic E-state index is -4.39. The maximum atomic E-state index is 12.4. The summed E-state index contributed by atoms with van der Waals surface area (Å²) >= 11 is 0. The first-order valence-electron chi connectivity index (χ1n) is 5.96. The average molecular weight is 279 g/mol. The molecule has 0 atom stereocenters. The van der Waals surface area contributed by atoms with Crippen molar-refractivity contribution in [1.29, 1.82) is 0 Å². The van der Waals surface area contributed by atoms with Gasteiger partial charge in [-0.05, 0) is 24.3 Å². The van der Waals surface area contributed by atoms with E-state index in [-0.39, 0.29) is 17.9 Å². The number of Topliss-reactive ketones (excluding diaryl/α,β-unsaturated/α-hetero) is 1. The third-order valence-corrected chi connectivity index (χ3v) is 2.76. The zero-order valence-electron chi connectivity index (χ0n) is 10.4. The summed E-state index contributed by atoms with van der Waals surface area (Å²) in [7, 11) is 0. The molecule has 5 heteroatoms. The maximum absolute atomic E-state index is 12.4. The predicted octanol–water partition coefficient (Wildman–Crippen LogP) is 4.00. The lowest BCUT2D eigenvalue weighted by molar-refractivity contribution is -0.137. The van der Waals surface area contributed by atoms with Crippen LogP contribution in [-0.2, 0) is 6.18 Å². The lowest BCUT2D eigenvalue weighted by Crippen LogP contribution is -2.14. The molecule has 20 heavy (non-hydrogen) atoms. The summed E-state index contributed by atoms with van der Waals surface area (Å²) in [4.78, 5) is 11.8. The molecule has 0 unspecified atom stereocenters. The number of ketones is 1. The Bertz CT molecular complexity index is 576. The van der Waals surface area contributed by atoms with E-state index in [1.807, 2.05) is 18.2 Å². The van der Waals surface area contributed by atoms with Gasteiger partial charge in [0.05, 0.1) is 12.1 Å². The second-order valence-corrected chi connectivity index (χ2v) is 4.22. The molecule has 2 aromatic carbocycles. The highest BCUT2D eigenvalue weighted by Gasteiger charge is 2.30. The van der Waals surface area contributed by atoms with E-state index >= 15 is 0 Å². The SMILES string of the molecule is O=C(CNc1ccccc1)c1ccc(C(F)(F)F)cc1. The number of hydrogen-bond donors (Lipinski definition) is 1. The van der Waals surface area contributed by atoms with Gasteiger partial charge in [-0.3, -0.25) is 4.79 Å². The zero-order valence-corrected chi connectivity index (χ0v) is 10.4. The first kappa shape index (κ1) is 14.1. The lowest BCUT2D eigenvalue weighted by atomic mass is 10.1. The molecule has 0 amide bonds. The van der Waals surface area contributed by atoms with Crippen LogP contribution in [0.15, 0.2) is 54.6 Å². The summed E-state index contributed by atoms with van der Waals surface area (Å²) < 4.78 is 37.2. The summed E-state index contributed by atoms with van der Waals surface area (Å²) in [5.74, 6) is -0.262. The maximum Gasteiger partial charge on any atom is 0.416 e. The largest absolute Gasteiger partial charge is 0.416 e. The number of nitrogens with one attached hydrogen (secondary N) is 1. The fourth-order valence-electron chi connectivity index (χ4n) is 1.69. The minimum Gasteiger partial charge on any atom is -0.378 e. The number of para-hydroxylation sites is 1. The van der Waals surface area contributed by atoms with Crippen molar-refractivity contribution in [3.63, 3.8) is 0 Å². The monoisotopic (exact) mass is 279 g/mol. The summed E-state index contributed by atoms with van der Waals surface area (Å²) in [5, 5.41) is 2.92. The highest BCUT2D eigenvalue weighted by molar-refractivity contribution is 5.99. The van der Waals surface area contributed by atoms with Crippen molar-refractivity contribution in [2.24, 2.45) is 0 Å². The molecular formula is C15H12F3NO. The smallest absolute Gasteiger partial charge is 0.378 e. The number of hydrogen-bond acceptors (Lipinski definition) is 2. The van der Waals surface area contributed by atoms with Gasteiger partial charge in [0.2, 0.25) is 0 Å². The molecule has 0 aliphatic carbocycles. The summed E-state index contributed by atoms with van der Waals surface area (Å²) in [6, 6.07) is 13.3. The second kappa shape index (κ2) is 5.77. The molecule has 2 nitrogen and oxygen atoms in total. The van der Waals surface area contributed by atoms with Crippen LogP contribution in [-0.4, -0.2) is 12.3 Å². The topological polar surface area (TPSA) is 29.1 Å². The average Bonchev–Trinajstić information content (AvgIpc) is 2.45. The lowest BCUT2D eigenvalue weighted by Gasteiger charge is -2.08. The van der Waals surface area contributed by atoms with E-state index in [1.54, 1.807) is 12.1 Å². The highest BCUT2D eigenvalue weighted by atomic mass is 19.4. The fourth-order valence-corrected chi connectivity index (χ4v) is 1.69.